The van der Waals surface area contributed by atoms with Gasteiger partial charge in [-0.05, 0) is 61.4 Å². The van der Waals surface area contributed by atoms with Crippen molar-refractivity contribution in [1.29, 1.82) is 0 Å². The Balaban J connectivity index is 1.40. The van der Waals surface area contributed by atoms with Gasteiger partial charge in [-0.1, -0.05) is 11.6 Å². The number of imidazole rings is 1. The van der Waals surface area contributed by atoms with Crippen LogP contribution in [0.5, 0.6) is 5.75 Å². The lowest BCUT2D eigenvalue weighted by molar-refractivity contribution is 0.410. The van der Waals surface area contributed by atoms with Gasteiger partial charge in [0.2, 0.25) is 5.95 Å². The zero-order valence-corrected chi connectivity index (χ0v) is 18.6. The zero-order chi connectivity index (χ0) is 22.1. The van der Waals surface area contributed by atoms with Crippen LogP contribution < -0.4 is 9.64 Å². The predicted molar refractivity (Wildman–Crippen MR) is 125 cm³/mol. The maximum Gasteiger partial charge on any atom is 0.228 e. The highest BCUT2D eigenvalue weighted by Crippen LogP contribution is 2.29. The van der Waals surface area contributed by atoms with Gasteiger partial charge >= 0.3 is 0 Å². The van der Waals surface area contributed by atoms with Crippen LogP contribution in [0.3, 0.4) is 0 Å². The molecule has 0 unspecified atom stereocenters. The Morgan fingerprint density at radius 1 is 1.09 bits per heavy atom. The van der Waals surface area contributed by atoms with Crippen LogP contribution >= 0.6 is 11.6 Å². The summed E-state index contributed by atoms with van der Waals surface area (Å²) in [5, 5.41) is 5.37. The molecule has 0 radical (unpaired) electrons. The van der Waals surface area contributed by atoms with Crippen LogP contribution in [0.2, 0.25) is 5.02 Å². The van der Waals surface area contributed by atoms with Crippen LogP contribution in [0.1, 0.15) is 23.5 Å². The van der Waals surface area contributed by atoms with Gasteiger partial charge < -0.3 is 9.64 Å². The molecule has 0 atom stereocenters. The molecule has 4 heterocycles. The van der Waals surface area contributed by atoms with Gasteiger partial charge in [0.1, 0.15) is 6.33 Å². The lowest BCUT2D eigenvalue weighted by atomic mass is 10.2. The van der Waals surface area contributed by atoms with E-state index in [4.69, 9.17) is 21.3 Å². The first kappa shape index (κ1) is 20.3. The van der Waals surface area contributed by atoms with E-state index in [1.54, 1.807) is 19.6 Å². The smallest absolute Gasteiger partial charge is 0.228 e. The van der Waals surface area contributed by atoms with E-state index in [-0.39, 0.29) is 0 Å². The average Bonchev–Trinajstić information content (AvgIpc) is 3.43. The number of nitrogens with zero attached hydrogens (tertiary/aromatic N) is 7. The lowest BCUT2D eigenvalue weighted by Gasteiger charge is -2.27. The predicted octanol–water partition coefficient (Wildman–Crippen LogP) is 4.54. The summed E-state index contributed by atoms with van der Waals surface area (Å²) in [5.41, 5.74) is 2.86. The molecule has 8 nitrogen and oxygen atoms in total. The van der Waals surface area contributed by atoms with Crippen molar-refractivity contribution in [2.45, 2.75) is 19.9 Å². The van der Waals surface area contributed by atoms with Crippen molar-refractivity contribution in [3.8, 4) is 11.6 Å². The van der Waals surface area contributed by atoms with Gasteiger partial charge in [0.15, 0.2) is 17.4 Å². The van der Waals surface area contributed by atoms with E-state index in [1.165, 1.54) is 0 Å². The molecule has 0 aliphatic carbocycles. The number of hydrogen-bond acceptors (Lipinski definition) is 6. The molecule has 0 saturated heterocycles. The van der Waals surface area contributed by atoms with Gasteiger partial charge in [-0.3, -0.25) is 4.57 Å². The second-order valence-electron chi connectivity index (χ2n) is 7.52. The number of methoxy groups -OCH3 is 1. The molecule has 9 heteroatoms. The first-order chi connectivity index (χ1) is 15.6. The first-order valence-corrected chi connectivity index (χ1v) is 10.7. The van der Waals surface area contributed by atoms with Crippen molar-refractivity contribution < 1.29 is 4.74 Å². The summed E-state index contributed by atoms with van der Waals surface area (Å²) >= 11 is 6.04. The summed E-state index contributed by atoms with van der Waals surface area (Å²) in [6.45, 7) is 3.67. The van der Waals surface area contributed by atoms with Gasteiger partial charge in [-0.2, -0.15) is 4.98 Å². The van der Waals surface area contributed by atoms with Crippen LogP contribution in [0.15, 0.2) is 49.1 Å². The summed E-state index contributed by atoms with van der Waals surface area (Å²) in [4.78, 5) is 15.7. The van der Waals surface area contributed by atoms with Crippen molar-refractivity contribution in [2.75, 3.05) is 18.6 Å². The van der Waals surface area contributed by atoms with Crippen LogP contribution in [-0.2, 0) is 6.54 Å². The molecule has 162 valence electrons. The van der Waals surface area contributed by atoms with Crippen LogP contribution in [0, 0.1) is 6.92 Å². The number of hydrogen-bond donors (Lipinski definition) is 0. The fraction of sp³-hybridized carbons (Fsp3) is 0.217. The molecule has 32 heavy (non-hydrogen) atoms. The number of ether oxygens (including phenoxy) is 1. The molecule has 3 aromatic heterocycles. The van der Waals surface area contributed by atoms with E-state index in [2.05, 4.69) is 20.0 Å². The summed E-state index contributed by atoms with van der Waals surface area (Å²) in [6.07, 6.45) is 10.3. The van der Waals surface area contributed by atoms with Crippen molar-refractivity contribution in [3.63, 3.8) is 0 Å². The molecular formula is C23H22ClN7O. The van der Waals surface area contributed by atoms with E-state index < -0.39 is 0 Å². The van der Waals surface area contributed by atoms with E-state index in [1.807, 2.05) is 64.9 Å². The number of anilines is 2. The standard InChI is InChI=1S/C23H22ClN7O/c1-16-14-29(15-26-16)22-20(32-2)12-17(13-25-22)4-9-21-27-23-30(10-3-11-31(23)28-21)19-7-5-18(24)6-8-19/h4-9,12-15H,3,10-11H2,1-2H3. The third kappa shape index (κ3) is 3.97. The second-order valence-corrected chi connectivity index (χ2v) is 7.96. The van der Waals surface area contributed by atoms with Crippen LogP contribution in [-0.4, -0.2) is 43.0 Å². The minimum atomic E-state index is 0.647. The van der Waals surface area contributed by atoms with Gasteiger partial charge in [0.05, 0.1) is 12.8 Å². The highest BCUT2D eigenvalue weighted by atomic mass is 35.5. The van der Waals surface area contributed by atoms with Gasteiger partial charge in [-0.25, -0.2) is 14.6 Å². The fourth-order valence-electron chi connectivity index (χ4n) is 3.71. The molecule has 0 fully saturated rings. The number of aromatic nitrogens is 6. The Hall–Kier alpha value is -3.65. The number of aryl methyl sites for hydroxylation is 2. The molecule has 0 N–H and O–H groups in total. The van der Waals surface area contributed by atoms with Crippen molar-refractivity contribution in [3.05, 3.63) is 71.2 Å². The molecule has 0 bridgehead atoms. The minimum Gasteiger partial charge on any atom is -0.493 e. The number of fused-ring (bicyclic) bond motifs is 1. The number of benzene rings is 1. The molecule has 0 amide bonds. The molecule has 1 aromatic carbocycles. The average molecular weight is 448 g/mol. The molecule has 1 aliphatic rings. The number of halogens is 1. The summed E-state index contributed by atoms with van der Waals surface area (Å²) < 4.78 is 9.33. The van der Waals surface area contributed by atoms with E-state index in [9.17, 15) is 0 Å². The minimum absolute atomic E-state index is 0.647. The summed E-state index contributed by atoms with van der Waals surface area (Å²) in [6, 6.07) is 9.72. The highest BCUT2D eigenvalue weighted by Gasteiger charge is 2.22. The maximum absolute atomic E-state index is 6.04. The SMILES string of the molecule is COc1cc(C=Cc2nc3n(n2)CCCN3c2ccc(Cl)cc2)cnc1-n1cnc(C)c1. The molecule has 0 saturated carbocycles. The molecular weight excluding hydrogens is 426 g/mol. The summed E-state index contributed by atoms with van der Waals surface area (Å²) in [5.74, 6) is 2.84. The highest BCUT2D eigenvalue weighted by molar-refractivity contribution is 6.30. The van der Waals surface area contributed by atoms with Gasteiger partial charge in [0.25, 0.3) is 0 Å². The van der Waals surface area contributed by atoms with Crippen molar-refractivity contribution >= 4 is 35.4 Å². The topological polar surface area (TPSA) is 73.9 Å². The van der Waals surface area contributed by atoms with E-state index >= 15 is 0 Å². The summed E-state index contributed by atoms with van der Waals surface area (Å²) in [7, 11) is 1.63. The van der Waals surface area contributed by atoms with Crippen molar-refractivity contribution in [1.82, 2.24) is 29.3 Å². The quantitative estimate of drug-likeness (QED) is 0.447. The van der Waals surface area contributed by atoms with E-state index in [0.717, 1.165) is 42.4 Å². The number of pyridine rings is 1. The Morgan fingerprint density at radius 3 is 2.69 bits per heavy atom. The lowest BCUT2D eigenvalue weighted by Crippen LogP contribution is -2.28. The van der Waals surface area contributed by atoms with Gasteiger partial charge in [-0.15, -0.1) is 5.10 Å². The third-order valence-electron chi connectivity index (χ3n) is 5.26. The first-order valence-electron chi connectivity index (χ1n) is 10.3. The normalized spacial score (nSPS) is 13.5. The zero-order valence-electron chi connectivity index (χ0n) is 17.8. The Labute approximate surface area is 190 Å². The Morgan fingerprint density at radius 2 is 1.94 bits per heavy atom. The fourth-order valence-corrected chi connectivity index (χ4v) is 3.84. The third-order valence-corrected chi connectivity index (χ3v) is 5.51. The number of rotatable bonds is 5. The monoisotopic (exact) mass is 447 g/mol. The largest absolute Gasteiger partial charge is 0.493 e. The van der Waals surface area contributed by atoms with Crippen molar-refractivity contribution in [2.24, 2.45) is 0 Å². The Kier molecular flexibility index (Phi) is 5.36. The van der Waals surface area contributed by atoms with Gasteiger partial charge in [0, 0.05) is 36.2 Å². The molecule has 5 rings (SSSR count). The second kappa shape index (κ2) is 8.47. The molecule has 4 aromatic rings. The van der Waals surface area contributed by atoms with E-state index in [0.29, 0.717) is 22.4 Å². The Bertz CT molecular complexity index is 1280. The molecule has 0 spiro atoms. The van der Waals surface area contributed by atoms with Crippen LogP contribution in [0.4, 0.5) is 11.6 Å². The maximum atomic E-state index is 6.04. The molecule has 1 aliphatic heterocycles. The van der Waals surface area contributed by atoms with Crippen LogP contribution in [0.25, 0.3) is 18.0 Å².